The standard InChI is InChI=1S/C51H60N11O21P3/c1-3-61(4-2)34-12-10-30-20-36(51(66)81-39(30)22-34)50-60-37-21-32(11-13-38(37)80-50)49(65)57-16-15-56-48(64)31-7-5-9-35(19-31)76-26-42(53)75-18-17-74-27-43(63)55-14-6-8-33-24-62(47-45(33)46(54)58-29-59-47)44-23-40(77-28-52)41(79-44)25-78-85(70,71)83-86(72,73)82-84(67,68)69/h5,7,9-13,19-22,24,29,40-42,44H,3-4,14-18,23,25-28,52-53H2,1-2H3,(H,55,63)(H,56,64)(H,57,65)(H,70,71)(H,72,73)(H2,54,58,59)(H2,67,68,69). The molecular weight excluding hydrogens is 1200 g/mol. The maximum absolute atomic E-state index is 13.1. The maximum atomic E-state index is 13.1. The molecule has 32 nitrogen and oxygen atoms in total. The van der Waals surface area contributed by atoms with Crippen LogP contribution >= 0.6 is 23.5 Å². The molecule has 8 rings (SSSR count). The summed E-state index contributed by atoms with van der Waals surface area (Å²) in [6.45, 7) is 4.19. The number of fused-ring (bicyclic) bond motifs is 3. The van der Waals surface area contributed by atoms with Crippen LogP contribution in [0.4, 0.5) is 11.5 Å². The summed E-state index contributed by atoms with van der Waals surface area (Å²) in [5.74, 6) is 4.80. The van der Waals surface area contributed by atoms with Crippen LogP contribution in [0, 0.1) is 11.8 Å². The van der Waals surface area contributed by atoms with Crippen LogP contribution in [-0.4, -0.2) is 148 Å². The Balaban J connectivity index is 0.722. The van der Waals surface area contributed by atoms with Gasteiger partial charge >= 0.3 is 29.1 Å². The summed E-state index contributed by atoms with van der Waals surface area (Å²) in [7, 11) is -16.9. The molecule has 4 aromatic heterocycles. The number of hydrogen-bond donors (Lipinski definition) is 10. The Morgan fingerprint density at radius 1 is 0.895 bits per heavy atom. The highest BCUT2D eigenvalue weighted by Gasteiger charge is 2.44. The summed E-state index contributed by atoms with van der Waals surface area (Å²) in [6.07, 6.45) is -1.13. The van der Waals surface area contributed by atoms with Gasteiger partial charge in [0.25, 0.3) is 11.8 Å². The van der Waals surface area contributed by atoms with Gasteiger partial charge in [0.2, 0.25) is 11.8 Å². The quantitative estimate of drug-likeness (QED) is 0.0106. The van der Waals surface area contributed by atoms with Crippen LogP contribution in [0.3, 0.4) is 0 Å². The zero-order valence-corrected chi connectivity index (χ0v) is 48.5. The summed E-state index contributed by atoms with van der Waals surface area (Å²) >= 11 is 0. The number of anilines is 2. The Morgan fingerprint density at radius 3 is 2.38 bits per heavy atom. The van der Waals surface area contributed by atoms with Crippen molar-refractivity contribution in [2.45, 2.75) is 44.9 Å². The van der Waals surface area contributed by atoms with Gasteiger partial charge in [-0.2, -0.15) is 8.62 Å². The minimum atomic E-state index is -5.77. The molecule has 0 spiro atoms. The second-order valence-corrected chi connectivity index (χ2v) is 22.9. The SMILES string of the molecule is CCN(CC)c1ccc2cc(-c3nc4cc(C(=O)NCCNC(=O)c5cccc(OCC(N)OCCOCC(=O)NCC#Cc6cn(C7CC(OCN)C(COP(=O)(O)OP(=O)(O)OP(=O)(O)O)O7)c7ncnc(N)c67)c5)ccc4o3)c(=O)oc2c1. The van der Waals surface area contributed by atoms with Gasteiger partial charge in [0, 0.05) is 67.1 Å². The lowest BCUT2D eigenvalue weighted by Crippen LogP contribution is -2.34. The maximum Gasteiger partial charge on any atom is 0.490 e. The van der Waals surface area contributed by atoms with Crippen LogP contribution in [0.5, 0.6) is 5.75 Å². The van der Waals surface area contributed by atoms with E-state index in [1.807, 2.05) is 32.0 Å². The van der Waals surface area contributed by atoms with Gasteiger partial charge in [0.05, 0.1) is 50.1 Å². The van der Waals surface area contributed by atoms with Crippen LogP contribution in [0.1, 0.15) is 52.8 Å². The van der Waals surface area contributed by atoms with Gasteiger partial charge < -0.3 is 94.7 Å². The Kier molecular flexibility index (Phi) is 21.6. The smallest absolute Gasteiger partial charge is 0.489 e. The number of carbonyl (C=O) groups excluding carboxylic acids is 3. The molecule has 6 atom stereocenters. The predicted molar refractivity (Wildman–Crippen MR) is 304 cm³/mol. The second kappa shape index (κ2) is 28.8. The lowest BCUT2D eigenvalue weighted by Gasteiger charge is -2.20. The number of amides is 3. The minimum absolute atomic E-state index is 0.00302. The number of aromatic nitrogens is 4. The first-order chi connectivity index (χ1) is 41.0. The van der Waals surface area contributed by atoms with Crippen molar-refractivity contribution in [2.24, 2.45) is 11.5 Å². The number of nitrogens with zero attached hydrogens (tertiary/aromatic N) is 5. The van der Waals surface area contributed by atoms with Gasteiger partial charge in [-0.25, -0.2) is 33.4 Å². The second-order valence-electron chi connectivity index (χ2n) is 18.5. The van der Waals surface area contributed by atoms with Crippen LogP contribution < -0.4 is 48.4 Å². The molecule has 7 aromatic rings. The topological polar surface area (TPSA) is 462 Å². The number of phosphoric acid groups is 3. The van der Waals surface area contributed by atoms with Gasteiger partial charge in [-0.3, -0.25) is 18.9 Å². The fraction of sp³-hybridized carbons (Fsp3) is 0.353. The van der Waals surface area contributed by atoms with E-state index in [9.17, 15) is 42.7 Å². The highest BCUT2D eigenvalue weighted by molar-refractivity contribution is 7.66. The molecule has 3 aromatic carbocycles. The number of oxazole rings is 1. The Bertz CT molecular complexity index is 3860. The summed E-state index contributed by atoms with van der Waals surface area (Å²) in [6, 6.07) is 18.4. The molecule has 35 heteroatoms. The van der Waals surface area contributed by atoms with Crippen LogP contribution in [0.25, 0.3) is 44.6 Å². The van der Waals surface area contributed by atoms with E-state index in [4.69, 9.17) is 64.0 Å². The average molecular weight is 1260 g/mol. The van der Waals surface area contributed by atoms with E-state index in [1.165, 1.54) is 29.2 Å². The monoisotopic (exact) mass is 1260 g/mol. The zero-order chi connectivity index (χ0) is 61.8. The Labute approximate surface area is 488 Å². The van der Waals surface area contributed by atoms with Crippen molar-refractivity contribution in [3.8, 4) is 29.0 Å². The van der Waals surface area contributed by atoms with Gasteiger partial charge in [0.1, 0.15) is 72.0 Å². The highest BCUT2D eigenvalue weighted by atomic mass is 31.3. The van der Waals surface area contributed by atoms with Crippen molar-refractivity contribution < 1.29 is 93.3 Å². The summed E-state index contributed by atoms with van der Waals surface area (Å²) in [4.78, 5) is 104. The fourth-order valence-corrected chi connectivity index (χ4v) is 11.7. The average Bonchev–Trinajstić information content (AvgIpc) is 1.72. The number of ether oxygens (including phenoxy) is 5. The molecule has 0 aliphatic carbocycles. The molecule has 6 unspecified atom stereocenters. The van der Waals surface area contributed by atoms with E-state index in [1.54, 1.807) is 36.4 Å². The Morgan fingerprint density at radius 2 is 1.65 bits per heavy atom. The van der Waals surface area contributed by atoms with E-state index in [0.717, 1.165) is 18.8 Å². The molecule has 1 saturated heterocycles. The van der Waals surface area contributed by atoms with Gasteiger partial charge in [-0.15, -0.1) is 0 Å². The van der Waals surface area contributed by atoms with Crippen molar-refractivity contribution in [1.82, 2.24) is 35.5 Å². The van der Waals surface area contributed by atoms with E-state index in [-0.39, 0.29) is 93.3 Å². The van der Waals surface area contributed by atoms with Crippen molar-refractivity contribution in [1.29, 1.82) is 0 Å². The Hall–Kier alpha value is -7.50. The summed E-state index contributed by atoms with van der Waals surface area (Å²) < 4.78 is 88.6. The first kappa shape index (κ1) is 64.5. The molecular formula is C51H60N11O21P3. The molecule has 460 valence electrons. The van der Waals surface area contributed by atoms with E-state index < -0.39 is 78.1 Å². The van der Waals surface area contributed by atoms with E-state index in [2.05, 4.69) is 56.3 Å². The third-order valence-corrected chi connectivity index (χ3v) is 16.4. The molecule has 0 bridgehead atoms. The number of nitrogens with one attached hydrogen (secondary N) is 3. The number of hydrogen-bond acceptors (Lipinski definition) is 24. The molecule has 1 aliphatic heterocycles. The third kappa shape index (κ3) is 17.4. The molecule has 0 saturated carbocycles. The van der Waals surface area contributed by atoms with Crippen LogP contribution in [0.15, 0.2) is 92.9 Å². The fourth-order valence-electron chi connectivity index (χ4n) is 8.70. The first-order valence-corrected chi connectivity index (χ1v) is 30.6. The van der Waals surface area contributed by atoms with Crippen molar-refractivity contribution in [2.75, 3.05) is 83.1 Å². The van der Waals surface area contributed by atoms with E-state index >= 15 is 0 Å². The molecule has 5 heterocycles. The van der Waals surface area contributed by atoms with Gasteiger partial charge in [0.15, 0.2) is 5.58 Å². The van der Waals surface area contributed by atoms with Crippen LogP contribution in [-0.2, 0) is 50.6 Å². The van der Waals surface area contributed by atoms with Crippen molar-refractivity contribution in [3.05, 3.63) is 106 Å². The molecule has 1 fully saturated rings. The predicted octanol–water partition coefficient (Wildman–Crippen LogP) is 2.73. The van der Waals surface area contributed by atoms with Gasteiger partial charge in [-0.1, -0.05) is 17.9 Å². The number of nitrogen functional groups attached to an aromatic ring is 1. The number of benzene rings is 3. The number of phosphoric ester groups is 1. The van der Waals surface area contributed by atoms with Gasteiger partial charge in [-0.05, 0) is 68.4 Å². The third-order valence-electron chi connectivity index (χ3n) is 12.6. The highest BCUT2D eigenvalue weighted by Crippen LogP contribution is 2.66. The van der Waals surface area contributed by atoms with Crippen LogP contribution in [0.2, 0.25) is 0 Å². The van der Waals surface area contributed by atoms with Crippen molar-refractivity contribution in [3.63, 3.8) is 0 Å². The summed E-state index contributed by atoms with van der Waals surface area (Å²) in [5.41, 5.74) is 20.6. The number of carbonyl (C=O) groups is 3. The normalized spacial score (nSPS) is 16.9. The lowest BCUT2D eigenvalue weighted by atomic mass is 10.1. The molecule has 13 N–H and O–H groups in total. The number of rotatable bonds is 29. The van der Waals surface area contributed by atoms with Crippen molar-refractivity contribution >= 4 is 85.8 Å². The zero-order valence-electron chi connectivity index (χ0n) is 45.8. The minimum Gasteiger partial charge on any atom is -0.489 e. The molecule has 3 amide bonds. The largest absolute Gasteiger partial charge is 0.490 e. The summed E-state index contributed by atoms with van der Waals surface area (Å²) in [5, 5.41) is 9.13. The number of nitrogens with two attached hydrogens (primary N) is 3. The van der Waals surface area contributed by atoms with E-state index in [0.29, 0.717) is 38.8 Å². The molecule has 86 heavy (non-hydrogen) atoms. The molecule has 0 radical (unpaired) electrons. The molecule has 1 aliphatic rings. The first-order valence-electron chi connectivity index (χ1n) is 26.1. The lowest BCUT2D eigenvalue weighted by molar-refractivity contribution is -0.126.